The molecule has 0 aliphatic carbocycles. The molecule has 4 heteroatoms. The maximum Gasteiger partial charge on any atom is 0.0772 e. The van der Waals surface area contributed by atoms with Gasteiger partial charge in [-0.2, -0.15) is 0 Å². The Balaban J connectivity index is 2.77. The van der Waals surface area contributed by atoms with Crippen LogP contribution in [-0.2, 0) is 0 Å². The Hall–Kier alpha value is -1.00. The molecule has 4 nitrogen and oxygen atoms in total. The quantitative estimate of drug-likeness (QED) is 0.571. The molecule has 0 fully saturated rings. The third-order valence-corrected chi connectivity index (χ3v) is 2.61. The zero-order valence-corrected chi connectivity index (χ0v) is 9.70. The molecule has 1 heterocycles. The third kappa shape index (κ3) is 3.25. The van der Waals surface area contributed by atoms with E-state index in [0.717, 1.165) is 24.2 Å². The zero-order chi connectivity index (χ0) is 11.3. The highest BCUT2D eigenvalue weighted by Crippen LogP contribution is 2.22. The fourth-order valence-corrected chi connectivity index (χ4v) is 1.73. The van der Waals surface area contributed by atoms with E-state index in [0.29, 0.717) is 5.92 Å². The van der Waals surface area contributed by atoms with Gasteiger partial charge in [0.1, 0.15) is 0 Å². The van der Waals surface area contributed by atoms with Gasteiger partial charge in [-0.1, -0.05) is 20.3 Å². The minimum Gasteiger partial charge on any atom is -0.271 e. The molecular formula is C11H20N4. The summed E-state index contributed by atoms with van der Waals surface area (Å²) in [5.74, 6) is 6.03. The molecule has 0 aromatic carbocycles. The van der Waals surface area contributed by atoms with Crippen molar-refractivity contribution in [1.82, 2.24) is 15.4 Å². The van der Waals surface area contributed by atoms with Crippen LogP contribution in [0, 0.1) is 12.8 Å². The molecule has 2 unspecified atom stereocenters. The van der Waals surface area contributed by atoms with Gasteiger partial charge in [0.05, 0.1) is 23.6 Å². The molecule has 0 saturated heterocycles. The Kier molecular flexibility index (Phi) is 4.65. The molecule has 2 atom stereocenters. The summed E-state index contributed by atoms with van der Waals surface area (Å²) in [5, 5.41) is 0. The van der Waals surface area contributed by atoms with Gasteiger partial charge in [-0.05, 0) is 19.3 Å². The van der Waals surface area contributed by atoms with E-state index in [1.54, 1.807) is 12.4 Å². The van der Waals surface area contributed by atoms with Crippen molar-refractivity contribution in [3.8, 4) is 0 Å². The van der Waals surface area contributed by atoms with Crippen LogP contribution in [0.1, 0.15) is 44.1 Å². The van der Waals surface area contributed by atoms with E-state index >= 15 is 0 Å². The molecule has 0 spiro atoms. The molecule has 0 amide bonds. The number of hydrazine groups is 1. The number of rotatable bonds is 5. The van der Waals surface area contributed by atoms with Crippen LogP contribution in [0.3, 0.4) is 0 Å². The van der Waals surface area contributed by atoms with E-state index in [1.807, 2.05) is 6.92 Å². The van der Waals surface area contributed by atoms with Crippen molar-refractivity contribution in [2.24, 2.45) is 11.8 Å². The highest BCUT2D eigenvalue weighted by molar-refractivity contribution is 5.06. The summed E-state index contributed by atoms with van der Waals surface area (Å²) in [5.41, 5.74) is 4.67. The summed E-state index contributed by atoms with van der Waals surface area (Å²) < 4.78 is 0. The lowest BCUT2D eigenvalue weighted by Gasteiger charge is -2.21. The van der Waals surface area contributed by atoms with Crippen LogP contribution in [0.15, 0.2) is 12.4 Å². The van der Waals surface area contributed by atoms with Gasteiger partial charge in [-0.25, -0.2) is 0 Å². The summed E-state index contributed by atoms with van der Waals surface area (Å²) in [6, 6.07) is 0.0954. The Morgan fingerprint density at radius 2 is 2.13 bits per heavy atom. The van der Waals surface area contributed by atoms with Gasteiger partial charge in [0.25, 0.3) is 0 Å². The summed E-state index contributed by atoms with van der Waals surface area (Å²) in [6.45, 7) is 6.28. The maximum atomic E-state index is 5.56. The minimum absolute atomic E-state index is 0.0954. The SMILES string of the molecule is CCCC(C)C(NN)c1cnc(C)cn1. The van der Waals surface area contributed by atoms with Gasteiger partial charge in [-0.15, -0.1) is 0 Å². The van der Waals surface area contributed by atoms with Crippen molar-refractivity contribution in [1.29, 1.82) is 0 Å². The lowest BCUT2D eigenvalue weighted by molar-refractivity contribution is 0.360. The van der Waals surface area contributed by atoms with Crippen molar-refractivity contribution in [2.75, 3.05) is 0 Å². The summed E-state index contributed by atoms with van der Waals surface area (Å²) in [7, 11) is 0. The van der Waals surface area contributed by atoms with E-state index in [-0.39, 0.29) is 6.04 Å². The predicted molar refractivity (Wildman–Crippen MR) is 60.9 cm³/mol. The van der Waals surface area contributed by atoms with Gasteiger partial charge >= 0.3 is 0 Å². The largest absolute Gasteiger partial charge is 0.271 e. The fourth-order valence-electron chi connectivity index (χ4n) is 1.73. The Morgan fingerprint density at radius 1 is 1.40 bits per heavy atom. The van der Waals surface area contributed by atoms with E-state index in [9.17, 15) is 0 Å². The highest BCUT2D eigenvalue weighted by Gasteiger charge is 2.18. The second-order valence-electron chi connectivity index (χ2n) is 3.99. The number of nitrogens with two attached hydrogens (primary N) is 1. The smallest absolute Gasteiger partial charge is 0.0772 e. The van der Waals surface area contributed by atoms with Crippen LogP contribution >= 0.6 is 0 Å². The second-order valence-corrected chi connectivity index (χ2v) is 3.99. The Bertz CT molecular complexity index is 283. The molecule has 15 heavy (non-hydrogen) atoms. The van der Waals surface area contributed by atoms with Gasteiger partial charge in [-0.3, -0.25) is 21.2 Å². The van der Waals surface area contributed by atoms with Crippen LogP contribution in [-0.4, -0.2) is 9.97 Å². The average Bonchev–Trinajstić information content (AvgIpc) is 2.22. The first-order chi connectivity index (χ1) is 7.19. The molecule has 0 saturated carbocycles. The topological polar surface area (TPSA) is 63.8 Å². The van der Waals surface area contributed by atoms with Gasteiger partial charge < -0.3 is 0 Å². The summed E-state index contributed by atoms with van der Waals surface area (Å²) in [4.78, 5) is 8.58. The van der Waals surface area contributed by atoms with Crippen molar-refractivity contribution in [3.63, 3.8) is 0 Å². The standard InChI is InChI=1S/C11H20N4/c1-4-5-8(2)11(15-12)10-7-13-9(3)6-14-10/h6-8,11,15H,4-5,12H2,1-3H3. The van der Waals surface area contributed by atoms with Crippen LogP contribution in [0.25, 0.3) is 0 Å². The summed E-state index contributed by atoms with van der Waals surface area (Å²) >= 11 is 0. The monoisotopic (exact) mass is 208 g/mol. The van der Waals surface area contributed by atoms with E-state index in [1.165, 1.54) is 0 Å². The van der Waals surface area contributed by atoms with Crippen molar-refractivity contribution in [3.05, 3.63) is 23.8 Å². The Labute approximate surface area is 91.3 Å². The maximum absolute atomic E-state index is 5.56. The van der Waals surface area contributed by atoms with E-state index < -0.39 is 0 Å². The van der Waals surface area contributed by atoms with Crippen molar-refractivity contribution in [2.45, 2.75) is 39.7 Å². The first-order valence-electron chi connectivity index (χ1n) is 5.43. The average molecular weight is 208 g/mol. The molecule has 0 aliphatic heterocycles. The normalized spacial score (nSPS) is 14.9. The summed E-state index contributed by atoms with van der Waals surface area (Å²) in [6.07, 6.45) is 5.85. The number of nitrogens with one attached hydrogen (secondary N) is 1. The number of hydrogen-bond donors (Lipinski definition) is 2. The number of aromatic nitrogens is 2. The number of aryl methyl sites for hydroxylation is 1. The zero-order valence-electron chi connectivity index (χ0n) is 9.70. The molecule has 1 aromatic rings. The lowest BCUT2D eigenvalue weighted by Crippen LogP contribution is -2.33. The molecule has 0 aliphatic rings. The second kappa shape index (κ2) is 5.78. The van der Waals surface area contributed by atoms with Crippen LogP contribution in [0.5, 0.6) is 0 Å². The molecule has 84 valence electrons. The lowest BCUT2D eigenvalue weighted by atomic mass is 9.95. The van der Waals surface area contributed by atoms with E-state index in [4.69, 9.17) is 5.84 Å². The van der Waals surface area contributed by atoms with Gasteiger partial charge in [0, 0.05) is 6.20 Å². The van der Waals surface area contributed by atoms with Crippen LogP contribution in [0.4, 0.5) is 0 Å². The number of hydrogen-bond acceptors (Lipinski definition) is 4. The van der Waals surface area contributed by atoms with Gasteiger partial charge in [0.15, 0.2) is 0 Å². The Morgan fingerprint density at radius 3 is 2.60 bits per heavy atom. The predicted octanol–water partition coefficient (Wildman–Crippen LogP) is 1.73. The molecule has 1 aromatic heterocycles. The van der Waals surface area contributed by atoms with Crippen molar-refractivity contribution >= 4 is 0 Å². The van der Waals surface area contributed by atoms with Gasteiger partial charge in [0.2, 0.25) is 0 Å². The van der Waals surface area contributed by atoms with Crippen molar-refractivity contribution < 1.29 is 0 Å². The molecular weight excluding hydrogens is 188 g/mol. The third-order valence-electron chi connectivity index (χ3n) is 2.61. The number of nitrogens with zero attached hydrogens (tertiary/aromatic N) is 2. The molecule has 0 bridgehead atoms. The molecule has 3 N–H and O–H groups in total. The minimum atomic E-state index is 0.0954. The fraction of sp³-hybridized carbons (Fsp3) is 0.636. The molecule has 1 rings (SSSR count). The molecule has 0 radical (unpaired) electrons. The highest BCUT2D eigenvalue weighted by atomic mass is 15.2. The van der Waals surface area contributed by atoms with E-state index in [2.05, 4.69) is 29.2 Å². The first kappa shape index (κ1) is 12.1. The first-order valence-corrected chi connectivity index (χ1v) is 5.43. The van der Waals surface area contributed by atoms with Crippen LogP contribution in [0.2, 0.25) is 0 Å². The van der Waals surface area contributed by atoms with Crippen LogP contribution < -0.4 is 11.3 Å².